The molecule has 1 fully saturated rings. The summed E-state index contributed by atoms with van der Waals surface area (Å²) in [7, 11) is -3.67. The highest BCUT2D eigenvalue weighted by molar-refractivity contribution is 9.10. The Morgan fingerprint density at radius 3 is 2.65 bits per heavy atom. The summed E-state index contributed by atoms with van der Waals surface area (Å²) in [6.07, 6.45) is 3.17. The van der Waals surface area contributed by atoms with Crippen LogP contribution in [0.3, 0.4) is 0 Å². The van der Waals surface area contributed by atoms with E-state index in [1.807, 2.05) is 0 Å². The lowest BCUT2D eigenvalue weighted by Gasteiger charge is -2.10. The van der Waals surface area contributed by atoms with Crippen LogP contribution < -0.4 is 4.72 Å². The number of halogens is 1. The molecule has 2 N–H and O–H groups in total. The summed E-state index contributed by atoms with van der Waals surface area (Å²) in [6.45, 7) is 2.02. The minimum Gasteiger partial charge on any atom is -0.478 e. The molecule has 5 nitrogen and oxygen atoms in total. The Morgan fingerprint density at radius 2 is 2.10 bits per heavy atom. The Kier molecular flexibility index (Phi) is 4.51. The molecule has 0 aromatic heterocycles. The van der Waals surface area contributed by atoms with Crippen molar-refractivity contribution in [2.45, 2.75) is 31.1 Å². The number of hydrogen-bond acceptors (Lipinski definition) is 3. The number of aromatic carboxylic acids is 1. The van der Waals surface area contributed by atoms with Gasteiger partial charge in [-0.15, -0.1) is 0 Å². The third-order valence-corrected chi connectivity index (χ3v) is 5.66. The Balaban J connectivity index is 2.23. The topological polar surface area (TPSA) is 83.5 Å². The van der Waals surface area contributed by atoms with Gasteiger partial charge in [-0.25, -0.2) is 17.9 Å². The van der Waals surface area contributed by atoms with E-state index in [0.717, 1.165) is 6.42 Å². The van der Waals surface area contributed by atoms with E-state index in [1.165, 1.54) is 25.0 Å². The van der Waals surface area contributed by atoms with E-state index in [2.05, 4.69) is 20.7 Å². The van der Waals surface area contributed by atoms with Gasteiger partial charge in [0.2, 0.25) is 10.0 Å². The molecule has 0 aliphatic heterocycles. The molecule has 1 aliphatic carbocycles. The molecular weight excluding hydrogens is 346 g/mol. The van der Waals surface area contributed by atoms with Gasteiger partial charge in [-0.3, -0.25) is 0 Å². The van der Waals surface area contributed by atoms with Gasteiger partial charge in [0.25, 0.3) is 0 Å². The Morgan fingerprint density at radius 1 is 1.45 bits per heavy atom. The largest absolute Gasteiger partial charge is 0.478 e. The van der Waals surface area contributed by atoms with Crippen LogP contribution in [0.15, 0.2) is 21.5 Å². The fourth-order valence-electron chi connectivity index (χ4n) is 1.92. The Hall–Kier alpha value is -0.920. The fourth-order valence-corrected chi connectivity index (χ4v) is 3.63. The molecule has 110 valence electrons. The minimum atomic E-state index is -3.67. The van der Waals surface area contributed by atoms with Crippen LogP contribution in [0.5, 0.6) is 0 Å². The molecule has 1 aromatic rings. The summed E-state index contributed by atoms with van der Waals surface area (Å²) in [5.74, 6) is -0.504. The zero-order valence-corrected chi connectivity index (χ0v) is 13.4. The van der Waals surface area contributed by atoms with Gasteiger partial charge in [-0.1, -0.05) is 28.8 Å². The first-order valence-electron chi connectivity index (χ1n) is 6.34. The van der Waals surface area contributed by atoms with Gasteiger partial charge in [0.1, 0.15) is 0 Å². The number of carboxylic acids is 1. The zero-order chi connectivity index (χ0) is 14.9. The van der Waals surface area contributed by atoms with Crippen molar-refractivity contribution in [3.63, 3.8) is 0 Å². The SMILES string of the molecule is Cc1c(Br)cc(S(=O)(=O)NCCC2CC2)cc1C(=O)O. The second-order valence-corrected chi connectivity index (χ2v) is 7.63. The van der Waals surface area contributed by atoms with Gasteiger partial charge in [0, 0.05) is 11.0 Å². The highest BCUT2D eigenvalue weighted by Gasteiger charge is 2.23. The molecule has 0 atom stereocenters. The molecule has 0 bridgehead atoms. The van der Waals surface area contributed by atoms with Gasteiger partial charge < -0.3 is 5.11 Å². The van der Waals surface area contributed by atoms with E-state index < -0.39 is 16.0 Å². The van der Waals surface area contributed by atoms with Crippen molar-refractivity contribution < 1.29 is 18.3 Å². The number of carbonyl (C=O) groups is 1. The molecule has 0 unspecified atom stereocenters. The van der Waals surface area contributed by atoms with Crippen LogP contribution in [0.1, 0.15) is 35.2 Å². The molecule has 2 rings (SSSR count). The van der Waals surface area contributed by atoms with Crippen molar-refractivity contribution in [1.82, 2.24) is 4.72 Å². The van der Waals surface area contributed by atoms with E-state index in [-0.39, 0.29) is 10.5 Å². The quantitative estimate of drug-likeness (QED) is 0.815. The number of nitrogens with one attached hydrogen (secondary N) is 1. The van der Waals surface area contributed by atoms with Gasteiger partial charge in [-0.05, 0) is 37.0 Å². The number of benzene rings is 1. The summed E-state index contributed by atoms with van der Waals surface area (Å²) in [5, 5.41) is 9.10. The summed E-state index contributed by atoms with van der Waals surface area (Å²) in [4.78, 5) is 11.1. The van der Waals surface area contributed by atoms with Crippen molar-refractivity contribution in [2.75, 3.05) is 6.54 Å². The first kappa shape index (κ1) is 15.5. The lowest BCUT2D eigenvalue weighted by Crippen LogP contribution is -2.25. The molecule has 0 saturated heterocycles. The van der Waals surface area contributed by atoms with Crippen LogP contribution in [0, 0.1) is 12.8 Å². The molecule has 1 aliphatic rings. The first-order chi connectivity index (χ1) is 9.31. The zero-order valence-electron chi connectivity index (χ0n) is 11.0. The molecule has 7 heteroatoms. The van der Waals surface area contributed by atoms with E-state index in [1.54, 1.807) is 6.92 Å². The van der Waals surface area contributed by atoms with E-state index >= 15 is 0 Å². The lowest BCUT2D eigenvalue weighted by atomic mass is 10.1. The van der Waals surface area contributed by atoms with E-state index in [9.17, 15) is 13.2 Å². The van der Waals surface area contributed by atoms with Gasteiger partial charge in [-0.2, -0.15) is 0 Å². The van der Waals surface area contributed by atoms with Crippen LogP contribution in [-0.4, -0.2) is 26.0 Å². The molecule has 20 heavy (non-hydrogen) atoms. The molecule has 0 radical (unpaired) electrons. The number of rotatable bonds is 6. The normalized spacial score (nSPS) is 15.3. The molecule has 0 heterocycles. The van der Waals surface area contributed by atoms with Crippen molar-refractivity contribution in [3.8, 4) is 0 Å². The van der Waals surface area contributed by atoms with Crippen LogP contribution in [-0.2, 0) is 10.0 Å². The molecule has 1 aromatic carbocycles. The summed E-state index contributed by atoms with van der Waals surface area (Å²) >= 11 is 3.20. The highest BCUT2D eigenvalue weighted by atomic mass is 79.9. The predicted molar refractivity (Wildman–Crippen MR) is 78.4 cm³/mol. The third-order valence-electron chi connectivity index (χ3n) is 3.40. The van der Waals surface area contributed by atoms with Crippen molar-refractivity contribution in [2.24, 2.45) is 5.92 Å². The first-order valence-corrected chi connectivity index (χ1v) is 8.62. The monoisotopic (exact) mass is 361 g/mol. The standard InChI is InChI=1S/C13H16BrNO4S/c1-8-11(13(16)17)6-10(7-12(8)14)20(18,19)15-5-4-9-2-3-9/h6-7,9,15H,2-5H2,1H3,(H,16,17). The molecular formula is C13H16BrNO4S. The fraction of sp³-hybridized carbons (Fsp3) is 0.462. The van der Waals surface area contributed by atoms with Crippen LogP contribution >= 0.6 is 15.9 Å². The number of sulfonamides is 1. The predicted octanol–water partition coefficient (Wildman–Crippen LogP) is 2.53. The van der Waals surface area contributed by atoms with Crippen LogP contribution in [0.25, 0.3) is 0 Å². The second-order valence-electron chi connectivity index (χ2n) is 5.01. The van der Waals surface area contributed by atoms with Gasteiger partial charge >= 0.3 is 5.97 Å². The smallest absolute Gasteiger partial charge is 0.336 e. The maximum atomic E-state index is 12.1. The average molecular weight is 362 g/mol. The van der Waals surface area contributed by atoms with Gasteiger partial charge in [0.15, 0.2) is 0 Å². The number of carboxylic acid groups (broad SMARTS) is 1. The van der Waals surface area contributed by atoms with Gasteiger partial charge in [0.05, 0.1) is 10.5 Å². The van der Waals surface area contributed by atoms with E-state index in [0.29, 0.717) is 22.5 Å². The third kappa shape index (κ3) is 3.59. The lowest BCUT2D eigenvalue weighted by molar-refractivity contribution is 0.0695. The maximum Gasteiger partial charge on any atom is 0.336 e. The minimum absolute atomic E-state index is 0.0121. The van der Waals surface area contributed by atoms with Crippen molar-refractivity contribution in [1.29, 1.82) is 0 Å². The highest BCUT2D eigenvalue weighted by Crippen LogP contribution is 2.32. The second kappa shape index (κ2) is 5.83. The number of hydrogen-bond donors (Lipinski definition) is 2. The van der Waals surface area contributed by atoms with Crippen molar-refractivity contribution >= 4 is 31.9 Å². The van der Waals surface area contributed by atoms with E-state index in [4.69, 9.17) is 5.11 Å². The maximum absolute atomic E-state index is 12.1. The molecule has 0 spiro atoms. The van der Waals surface area contributed by atoms with Crippen molar-refractivity contribution in [3.05, 3.63) is 27.7 Å². The van der Waals surface area contributed by atoms with Crippen LogP contribution in [0.2, 0.25) is 0 Å². The summed E-state index contributed by atoms with van der Waals surface area (Å²) in [5.41, 5.74) is 0.497. The summed E-state index contributed by atoms with van der Waals surface area (Å²) in [6, 6.07) is 2.63. The average Bonchev–Trinajstić information content (AvgIpc) is 3.15. The Labute approximate surface area is 126 Å². The molecule has 0 amide bonds. The van der Waals surface area contributed by atoms with Crippen LogP contribution in [0.4, 0.5) is 0 Å². The summed E-state index contributed by atoms with van der Waals surface area (Å²) < 4.78 is 27.3. The molecule has 1 saturated carbocycles. The Bertz CT molecular complexity index is 638.